The molecule has 2 heterocycles. The fourth-order valence-corrected chi connectivity index (χ4v) is 4.68. The van der Waals surface area contributed by atoms with Gasteiger partial charge in [0.2, 0.25) is 10.0 Å². The molecule has 2 aromatic rings. The molecule has 1 aromatic carbocycles. The summed E-state index contributed by atoms with van der Waals surface area (Å²) in [5, 5.41) is 2.88. The Balaban J connectivity index is 1.68. The predicted molar refractivity (Wildman–Crippen MR) is 120 cm³/mol. The van der Waals surface area contributed by atoms with Gasteiger partial charge in [0.05, 0.1) is 33.0 Å². The highest BCUT2D eigenvalue weighted by Crippen LogP contribution is 2.31. The smallest absolute Gasteiger partial charge is 0.268 e. The molecule has 1 amide bonds. The number of H-pyrrole nitrogens is 1. The number of benzene rings is 1. The van der Waals surface area contributed by atoms with Gasteiger partial charge in [0.1, 0.15) is 10.6 Å². The number of hydrogen-bond donors (Lipinski definition) is 2. The lowest BCUT2D eigenvalue weighted by molar-refractivity contribution is 0.0730. The van der Waals surface area contributed by atoms with Crippen LogP contribution in [0.3, 0.4) is 0 Å². The van der Waals surface area contributed by atoms with Gasteiger partial charge in [0.25, 0.3) is 5.91 Å². The van der Waals surface area contributed by atoms with Crippen LogP contribution >= 0.6 is 0 Å². The second-order valence-electron chi connectivity index (χ2n) is 8.08. The Kier molecular flexibility index (Phi) is 7.81. The fraction of sp³-hybridized carbons (Fsp3) is 0.500. The molecule has 176 valence electrons. The molecule has 32 heavy (non-hydrogen) atoms. The molecule has 3 rings (SSSR count). The van der Waals surface area contributed by atoms with Gasteiger partial charge in [0.15, 0.2) is 11.5 Å². The molecule has 9 nitrogen and oxygen atoms in total. The zero-order valence-electron chi connectivity index (χ0n) is 18.9. The second-order valence-corrected chi connectivity index (χ2v) is 10.0. The molecule has 1 aliphatic rings. The van der Waals surface area contributed by atoms with E-state index in [4.69, 9.17) is 14.2 Å². The van der Waals surface area contributed by atoms with Crippen LogP contribution in [0.25, 0.3) is 0 Å². The summed E-state index contributed by atoms with van der Waals surface area (Å²) in [6, 6.07) is 6.53. The minimum absolute atomic E-state index is 0.0607. The molecule has 0 bridgehead atoms. The van der Waals surface area contributed by atoms with E-state index < -0.39 is 15.9 Å². The third-order valence-electron chi connectivity index (χ3n) is 5.12. The van der Waals surface area contributed by atoms with Crippen LogP contribution in [0.2, 0.25) is 0 Å². The number of rotatable bonds is 9. The van der Waals surface area contributed by atoms with Gasteiger partial charge in [0, 0.05) is 19.3 Å². The van der Waals surface area contributed by atoms with E-state index in [0.717, 1.165) is 5.56 Å². The minimum atomic E-state index is -3.67. The number of hydrogen-bond acceptors (Lipinski definition) is 6. The van der Waals surface area contributed by atoms with E-state index in [1.54, 1.807) is 7.11 Å². The van der Waals surface area contributed by atoms with E-state index >= 15 is 0 Å². The first-order chi connectivity index (χ1) is 15.2. The van der Waals surface area contributed by atoms with E-state index in [1.807, 2.05) is 25.1 Å². The highest BCUT2D eigenvalue weighted by molar-refractivity contribution is 7.89. The Bertz CT molecular complexity index is 1030. The molecule has 0 aliphatic carbocycles. The van der Waals surface area contributed by atoms with Crippen molar-refractivity contribution in [3.8, 4) is 11.5 Å². The monoisotopic (exact) mass is 465 g/mol. The minimum Gasteiger partial charge on any atom is -0.493 e. The average molecular weight is 466 g/mol. The standard InChI is InChI=1S/C22H31N3O6S/c1-15(2)14-31-20-6-5-17(11-21(20)29-4)16(3)24-22(26)19-12-18(13-23-19)32(27,28)25-7-9-30-10-8-25/h5-6,11-13,15-16,23H,7-10,14H2,1-4H3,(H,24,26). The summed E-state index contributed by atoms with van der Waals surface area (Å²) in [5.41, 5.74) is 1.01. The Hall–Kier alpha value is -2.56. The van der Waals surface area contributed by atoms with E-state index in [0.29, 0.717) is 50.3 Å². The van der Waals surface area contributed by atoms with Crippen molar-refractivity contribution >= 4 is 15.9 Å². The number of ether oxygens (including phenoxy) is 3. The molecule has 2 N–H and O–H groups in total. The zero-order valence-corrected chi connectivity index (χ0v) is 19.7. The SMILES string of the molecule is COc1cc(C(C)NC(=O)c2cc(S(=O)(=O)N3CCOCC3)c[nH]2)ccc1OCC(C)C. The molecule has 0 radical (unpaired) electrons. The van der Waals surface area contributed by atoms with Crippen molar-refractivity contribution in [1.29, 1.82) is 0 Å². The van der Waals surface area contributed by atoms with Crippen LogP contribution in [0.1, 0.15) is 42.9 Å². The molecule has 0 saturated carbocycles. The molecule has 1 aromatic heterocycles. The molecule has 0 spiro atoms. The summed E-state index contributed by atoms with van der Waals surface area (Å²) in [5.74, 6) is 1.21. The van der Waals surface area contributed by atoms with Crippen molar-refractivity contribution in [3.63, 3.8) is 0 Å². The number of nitrogens with zero attached hydrogens (tertiary/aromatic N) is 1. The lowest BCUT2D eigenvalue weighted by Gasteiger charge is -2.25. The lowest BCUT2D eigenvalue weighted by atomic mass is 10.1. The average Bonchev–Trinajstić information content (AvgIpc) is 3.29. The number of morpholine rings is 1. The number of carbonyl (C=O) groups excluding carboxylic acids is 1. The number of amides is 1. The summed E-state index contributed by atoms with van der Waals surface area (Å²) in [4.78, 5) is 15.6. The van der Waals surface area contributed by atoms with Gasteiger partial charge in [-0.1, -0.05) is 19.9 Å². The number of carbonyl (C=O) groups is 1. The van der Waals surface area contributed by atoms with Gasteiger partial charge in [-0.25, -0.2) is 8.42 Å². The Labute approximate surface area is 189 Å². The van der Waals surface area contributed by atoms with Crippen molar-refractivity contribution in [3.05, 3.63) is 41.7 Å². The first-order valence-electron chi connectivity index (χ1n) is 10.6. The highest BCUT2D eigenvalue weighted by Gasteiger charge is 2.28. The van der Waals surface area contributed by atoms with Crippen molar-refractivity contribution in [1.82, 2.24) is 14.6 Å². The van der Waals surface area contributed by atoms with Crippen LogP contribution in [0.4, 0.5) is 0 Å². The van der Waals surface area contributed by atoms with Gasteiger partial charge in [-0.3, -0.25) is 4.79 Å². The lowest BCUT2D eigenvalue weighted by Crippen LogP contribution is -2.40. The van der Waals surface area contributed by atoms with E-state index in [1.165, 1.54) is 16.6 Å². The van der Waals surface area contributed by atoms with Crippen molar-refractivity contribution < 1.29 is 27.4 Å². The summed E-state index contributed by atoms with van der Waals surface area (Å²) in [7, 11) is -2.10. The highest BCUT2D eigenvalue weighted by atomic mass is 32.2. The molecule has 1 atom stereocenters. The number of aromatic nitrogens is 1. The third kappa shape index (κ3) is 5.62. The first kappa shape index (κ1) is 24.1. The normalized spacial score (nSPS) is 16.0. The number of methoxy groups -OCH3 is 1. The number of sulfonamides is 1. The Morgan fingerprint density at radius 1 is 1.19 bits per heavy atom. The molecule has 1 unspecified atom stereocenters. The van der Waals surface area contributed by atoms with Crippen LogP contribution in [0.15, 0.2) is 35.4 Å². The maximum atomic E-state index is 12.8. The molecular formula is C22H31N3O6S. The number of nitrogens with one attached hydrogen (secondary N) is 2. The molecule has 1 saturated heterocycles. The maximum absolute atomic E-state index is 12.8. The maximum Gasteiger partial charge on any atom is 0.268 e. The van der Waals surface area contributed by atoms with Crippen LogP contribution in [0, 0.1) is 5.92 Å². The summed E-state index contributed by atoms with van der Waals surface area (Å²) < 4.78 is 43.3. The van der Waals surface area contributed by atoms with Crippen LogP contribution < -0.4 is 14.8 Å². The second kappa shape index (κ2) is 10.4. The molecule has 10 heteroatoms. The van der Waals surface area contributed by atoms with E-state index in [9.17, 15) is 13.2 Å². The predicted octanol–water partition coefficient (Wildman–Crippen LogP) is 2.57. The fourth-order valence-electron chi connectivity index (χ4n) is 3.28. The first-order valence-corrected chi connectivity index (χ1v) is 12.0. The van der Waals surface area contributed by atoms with Crippen molar-refractivity contribution in [2.75, 3.05) is 40.0 Å². The van der Waals surface area contributed by atoms with Gasteiger partial charge < -0.3 is 24.5 Å². The van der Waals surface area contributed by atoms with Gasteiger partial charge in [-0.05, 0) is 36.6 Å². The largest absolute Gasteiger partial charge is 0.493 e. The van der Waals surface area contributed by atoms with Crippen LogP contribution in [-0.2, 0) is 14.8 Å². The van der Waals surface area contributed by atoms with Crippen molar-refractivity contribution in [2.24, 2.45) is 5.92 Å². The number of aromatic amines is 1. The zero-order chi connectivity index (χ0) is 23.3. The molecular weight excluding hydrogens is 434 g/mol. The Morgan fingerprint density at radius 2 is 1.91 bits per heavy atom. The topological polar surface area (TPSA) is 110 Å². The van der Waals surface area contributed by atoms with Crippen LogP contribution in [-0.4, -0.2) is 63.6 Å². The van der Waals surface area contributed by atoms with E-state index in [-0.39, 0.29) is 16.6 Å². The van der Waals surface area contributed by atoms with Crippen LogP contribution in [0.5, 0.6) is 11.5 Å². The summed E-state index contributed by atoms with van der Waals surface area (Å²) in [6.45, 7) is 7.86. The van der Waals surface area contributed by atoms with E-state index in [2.05, 4.69) is 24.1 Å². The van der Waals surface area contributed by atoms with Gasteiger partial charge in [-0.2, -0.15) is 4.31 Å². The quantitative estimate of drug-likeness (QED) is 0.589. The van der Waals surface area contributed by atoms with Gasteiger partial charge >= 0.3 is 0 Å². The molecule has 1 fully saturated rings. The molecule has 1 aliphatic heterocycles. The van der Waals surface area contributed by atoms with Crippen molar-refractivity contribution in [2.45, 2.75) is 31.7 Å². The summed E-state index contributed by atoms with van der Waals surface area (Å²) >= 11 is 0. The van der Waals surface area contributed by atoms with Gasteiger partial charge in [-0.15, -0.1) is 0 Å². The Morgan fingerprint density at radius 3 is 2.56 bits per heavy atom. The third-order valence-corrected chi connectivity index (χ3v) is 6.99. The summed E-state index contributed by atoms with van der Waals surface area (Å²) in [6.07, 6.45) is 1.34.